The van der Waals surface area contributed by atoms with Gasteiger partial charge in [-0.05, 0) is 32.0 Å². The zero-order chi connectivity index (χ0) is 19.1. The minimum atomic E-state index is -4.24. The molecule has 1 aliphatic rings. The van der Waals surface area contributed by atoms with Crippen molar-refractivity contribution in [2.24, 2.45) is 0 Å². The number of sulfonamides is 1. The first kappa shape index (κ1) is 18.4. The van der Waals surface area contributed by atoms with E-state index in [0.717, 1.165) is 16.4 Å². The third kappa shape index (κ3) is 3.19. The third-order valence-electron chi connectivity index (χ3n) is 4.27. The third-order valence-corrected chi connectivity index (χ3v) is 6.11. The minimum Gasteiger partial charge on any atom is -0.329 e. The fourth-order valence-corrected chi connectivity index (χ4v) is 4.80. The van der Waals surface area contributed by atoms with E-state index in [1.54, 1.807) is 13.8 Å². The molecular formula is C15H17F2N5O3S. The highest BCUT2D eigenvalue weighted by atomic mass is 32.2. The van der Waals surface area contributed by atoms with Crippen LogP contribution in [-0.2, 0) is 10.0 Å². The van der Waals surface area contributed by atoms with Crippen molar-refractivity contribution >= 4 is 15.9 Å². The van der Waals surface area contributed by atoms with Gasteiger partial charge in [0.05, 0.1) is 6.20 Å². The maximum absolute atomic E-state index is 13.9. The summed E-state index contributed by atoms with van der Waals surface area (Å²) in [7, 11) is -4.24. The van der Waals surface area contributed by atoms with Crippen molar-refractivity contribution in [3.63, 3.8) is 0 Å². The molecule has 1 aromatic carbocycles. The molecule has 1 aliphatic heterocycles. The lowest BCUT2D eigenvalue weighted by Gasteiger charge is -2.43. The number of amides is 1. The SMILES string of the molecule is C[C@@H]1CN(S(=O)(=O)c2cc(F)ccc2F)C[C@H](C)N1C(=O)c1c[nH]nn1. The number of carbonyl (C=O) groups is 1. The van der Waals surface area contributed by atoms with E-state index in [0.29, 0.717) is 6.07 Å². The van der Waals surface area contributed by atoms with E-state index >= 15 is 0 Å². The van der Waals surface area contributed by atoms with Crippen LogP contribution in [0.15, 0.2) is 29.3 Å². The quantitative estimate of drug-likeness (QED) is 0.850. The first-order valence-electron chi connectivity index (χ1n) is 7.86. The van der Waals surface area contributed by atoms with Gasteiger partial charge in [0.1, 0.15) is 16.5 Å². The van der Waals surface area contributed by atoms with Gasteiger partial charge in [-0.15, -0.1) is 5.10 Å². The Morgan fingerprint density at radius 3 is 2.46 bits per heavy atom. The fraction of sp³-hybridized carbons (Fsp3) is 0.400. The standard InChI is InChI=1S/C15H17F2N5O3S/c1-9-7-21(26(24,25)14-5-11(16)3-4-12(14)17)8-10(2)22(9)15(23)13-6-18-20-19-13/h3-6,9-10H,7-8H2,1-2H3,(H,18,19,20)/t9-,10+. The number of rotatable bonds is 3. The number of H-pyrrole nitrogens is 1. The van der Waals surface area contributed by atoms with Gasteiger partial charge in [-0.3, -0.25) is 9.89 Å². The van der Waals surface area contributed by atoms with Crippen LogP contribution in [0.5, 0.6) is 0 Å². The van der Waals surface area contributed by atoms with Crippen LogP contribution < -0.4 is 0 Å². The summed E-state index contributed by atoms with van der Waals surface area (Å²) in [6, 6.07) is 1.31. The average molecular weight is 385 g/mol. The second kappa shape index (κ2) is 6.72. The molecule has 3 rings (SSSR count). The lowest BCUT2D eigenvalue weighted by atomic mass is 10.1. The summed E-state index contributed by atoms with van der Waals surface area (Å²) >= 11 is 0. The molecule has 2 atom stereocenters. The van der Waals surface area contributed by atoms with Crippen molar-refractivity contribution in [1.82, 2.24) is 24.6 Å². The van der Waals surface area contributed by atoms with Gasteiger partial charge >= 0.3 is 0 Å². The van der Waals surface area contributed by atoms with Crippen LogP contribution in [0.3, 0.4) is 0 Å². The summed E-state index contributed by atoms with van der Waals surface area (Å²) in [6.07, 6.45) is 1.35. The van der Waals surface area contributed by atoms with Gasteiger partial charge < -0.3 is 4.90 Å². The molecule has 0 radical (unpaired) electrons. The molecule has 0 bridgehead atoms. The number of aromatic nitrogens is 3. The Labute approximate surface area is 148 Å². The lowest BCUT2D eigenvalue weighted by Crippen LogP contribution is -2.59. The normalized spacial score (nSPS) is 21.8. The van der Waals surface area contributed by atoms with Crippen LogP contribution >= 0.6 is 0 Å². The van der Waals surface area contributed by atoms with Crippen LogP contribution in [0.2, 0.25) is 0 Å². The number of hydrogen-bond acceptors (Lipinski definition) is 5. The zero-order valence-electron chi connectivity index (χ0n) is 14.1. The highest BCUT2D eigenvalue weighted by Crippen LogP contribution is 2.26. The molecule has 1 aromatic heterocycles. The van der Waals surface area contributed by atoms with Crippen LogP contribution in [0.4, 0.5) is 8.78 Å². The van der Waals surface area contributed by atoms with Gasteiger partial charge in [-0.2, -0.15) is 4.31 Å². The van der Waals surface area contributed by atoms with E-state index in [9.17, 15) is 22.0 Å². The molecule has 140 valence electrons. The molecule has 26 heavy (non-hydrogen) atoms. The number of aromatic amines is 1. The molecular weight excluding hydrogens is 368 g/mol. The summed E-state index contributed by atoms with van der Waals surface area (Å²) in [5.74, 6) is -2.24. The number of benzene rings is 1. The van der Waals surface area contributed by atoms with Gasteiger partial charge in [-0.25, -0.2) is 17.2 Å². The maximum atomic E-state index is 13.9. The smallest absolute Gasteiger partial charge is 0.276 e. The van der Waals surface area contributed by atoms with Gasteiger partial charge in [0.15, 0.2) is 5.69 Å². The first-order chi connectivity index (χ1) is 12.2. The highest BCUT2D eigenvalue weighted by molar-refractivity contribution is 7.89. The van der Waals surface area contributed by atoms with Gasteiger partial charge in [0.2, 0.25) is 10.0 Å². The summed E-state index contributed by atoms with van der Waals surface area (Å²) in [4.78, 5) is 13.3. The fourth-order valence-electron chi connectivity index (χ4n) is 3.12. The number of piperazine rings is 1. The van der Waals surface area contributed by atoms with Crippen LogP contribution in [0.1, 0.15) is 24.3 Å². The highest BCUT2D eigenvalue weighted by Gasteiger charge is 2.40. The van der Waals surface area contributed by atoms with E-state index < -0.39 is 38.6 Å². The maximum Gasteiger partial charge on any atom is 0.276 e. The second-order valence-electron chi connectivity index (χ2n) is 6.17. The number of nitrogens with one attached hydrogen (secondary N) is 1. The number of carbonyl (C=O) groups excluding carboxylic acids is 1. The molecule has 2 aromatic rings. The van der Waals surface area contributed by atoms with Crippen molar-refractivity contribution in [2.75, 3.05) is 13.1 Å². The van der Waals surface area contributed by atoms with E-state index in [1.807, 2.05) is 0 Å². The van der Waals surface area contributed by atoms with E-state index in [-0.39, 0.29) is 24.7 Å². The Hall–Kier alpha value is -2.40. The van der Waals surface area contributed by atoms with Crippen molar-refractivity contribution in [1.29, 1.82) is 0 Å². The molecule has 0 spiro atoms. The largest absolute Gasteiger partial charge is 0.329 e. The Bertz CT molecular complexity index is 907. The molecule has 2 heterocycles. The van der Waals surface area contributed by atoms with Crippen LogP contribution in [-0.4, -0.2) is 64.1 Å². The molecule has 8 nitrogen and oxygen atoms in total. The zero-order valence-corrected chi connectivity index (χ0v) is 14.9. The molecule has 1 saturated heterocycles. The topological polar surface area (TPSA) is 99.3 Å². The summed E-state index contributed by atoms with van der Waals surface area (Å²) in [6.45, 7) is 3.26. The number of nitrogens with zero attached hydrogens (tertiary/aromatic N) is 4. The van der Waals surface area contributed by atoms with Crippen LogP contribution in [0, 0.1) is 11.6 Å². The minimum absolute atomic E-state index is 0.0494. The van der Waals surface area contributed by atoms with Crippen molar-refractivity contribution in [3.8, 4) is 0 Å². The molecule has 1 fully saturated rings. The second-order valence-corrected chi connectivity index (χ2v) is 8.07. The van der Waals surface area contributed by atoms with Crippen molar-refractivity contribution in [2.45, 2.75) is 30.8 Å². The van der Waals surface area contributed by atoms with Crippen LogP contribution in [0.25, 0.3) is 0 Å². The molecule has 1 N–H and O–H groups in total. The predicted octanol–water partition coefficient (Wildman–Crippen LogP) is 1.01. The monoisotopic (exact) mass is 385 g/mol. The van der Waals surface area contributed by atoms with Crippen molar-refractivity contribution < 1.29 is 22.0 Å². The van der Waals surface area contributed by atoms with Crippen molar-refractivity contribution in [3.05, 3.63) is 41.7 Å². The Morgan fingerprint density at radius 2 is 1.88 bits per heavy atom. The molecule has 0 aliphatic carbocycles. The average Bonchev–Trinajstić information content (AvgIpc) is 3.10. The first-order valence-corrected chi connectivity index (χ1v) is 9.30. The van der Waals surface area contributed by atoms with Gasteiger partial charge in [-0.1, -0.05) is 5.21 Å². The molecule has 0 unspecified atom stereocenters. The molecule has 11 heteroatoms. The van der Waals surface area contributed by atoms with Gasteiger partial charge in [0.25, 0.3) is 5.91 Å². The van der Waals surface area contributed by atoms with Gasteiger partial charge in [0, 0.05) is 25.2 Å². The lowest BCUT2D eigenvalue weighted by molar-refractivity contribution is 0.0434. The van der Waals surface area contributed by atoms with E-state index in [2.05, 4.69) is 15.4 Å². The van der Waals surface area contributed by atoms with E-state index in [4.69, 9.17) is 0 Å². The molecule has 0 saturated carbocycles. The Kier molecular flexibility index (Phi) is 4.76. The number of halogens is 2. The number of hydrogen-bond donors (Lipinski definition) is 1. The Morgan fingerprint density at radius 1 is 1.23 bits per heavy atom. The Balaban J connectivity index is 1.87. The summed E-state index contributed by atoms with van der Waals surface area (Å²) in [5, 5.41) is 9.62. The predicted molar refractivity (Wildman–Crippen MR) is 86.6 cm³/mol. The summed E-state index contributed by atoms with van der Waals surface area (Å²) in [5.41, 5.74) is 0.121. The summed E-state index contributed by atoms with van der Waals surface area (Å²) < 4.78 is 53.9. The molecule has 1 amide bonds. The van der Waals surface area contributed by atoms with E-state index in [1.165, 1.54) is 11.1 Å².